The number of carbonyl (C=O) groups is 1. The Bertz CT molecular complexity index is 1010. The van der Waals surface area contributed by atoms with Gasteiger partial charge in [-0.2, -0.15) is 0 Å². The summed E-state index contributed by atoms with van der Waals surface area (Å²) in [6, 6.07) is 11.2. The highest BCUT2D eigenvalue weighted by Crippen LogP contribution is 2.14. The number of benzene rings is 2. The average molecular weight is 358 g/mol. The fourth-order valence-electron chi connectivity index (χ4n) is 2.35. The molecule has 0 aliphatic rings. The summed E-state index contributed by atoms with van der Waals surface area (Å²) >= 11 is 0. The van der Waals surface area contributed by atoms with Crippen LogP contribution in [0.1, 0.15) is 15.9 Å². The summed E-state index contributed by atoms with van der Waals surface area (Å²) in [4.78, 5) is 24.3. The van der Waals surface area contributed by atoms with Crippen molar-refractivity contribution in [3.63, 3.8) is 0 Å². The van der Waals surface area contributed by atoms with E-state index in [0.29, 0.717) is 5.56 Å². The molecule has 4 nitrogen and oxygen atoms in total. The predicted octanol–water partition coefficient (Wildman–Crippen LogP) is 3.57. The number of hydrogen-bond donors (Lipinski definition) is 1. The molecule has 0 aliphatic heterocycles. The first-order chi connectivity index (χ1) is 12.4. The molecule has 0 atom stereocenters. The Morgan fingerprint density at radius 1 is 0.923 bits per heavy atom. The van der Waals surface area contributed by atoms with Gasteiger partial charge in [0.15, 0.2) is 11.6 Å². The van der Waals surface area contributed by atoms with Gasteiger partial charge < -0.3 is 9.88 Å². The Labute approximate surface area is 146 Å². The largest absolute Gasteiger partial charge is 0.322 e. The molecule has 1 N–H and O–H groups in total. The lowest BCUT2D eigenvalue weighted by Gasteiger charge is -2.09. The zero-order chi connectivity index (χ0) is 18.7. The number of amides is 1. The molecule has 0 bridgehead atoms. The molecule has 2 aromatic carbocycles. The number of halogens is 3. The SMILES string of the molecule is O=C(Nc1ccc(F)c(F)c1)c1ccc(=O)n(Cc2ccc(F)cc2)c1. The van der Waals surface area contributed by atoms with Crippen LogP contribution in [0, 0.1) is 17.5 Å². The molecule has 0 aliphatic carbocycles. The summed E-state index contributed by atoms with van der Waals surface area (Å²) in [7, 11) is 0. The van der Waals surface area contributed by atoms with Gasteiger partial charge in [-0.15, -0.1) is 0 Å². The minimum absolute atomic E-state index is 0.0881. The van der Waals surface area contributed by atoms with Crippen molar-refractivity contribution in [2.45, 2.75) is 6.54 Å². The van der Waals surface area contributed by atoms with Gasteiger partial charge in [-0.05, 0) is 35.9 Å². The van der Waals surface area contributed by atoms with Crippen LogP contribution in [-0.2, 0) is 6.54 Å². The highest BCUT2D eigenvalue weighted by atomic mass is 19.2. The Hall–Kier alpha value is -3.35. The molecular formula is C19H13F3N2O2. The Balaban J connectivity index is 1.81. The van der Waals surface area contributed by atoms with Crippen LogP contribution in [0.5, 0.6) is 0 Å². The first-order valence-electron chi connectivity index (χ1n) is 7.64. The molecule has 3 aromatic rings. The van der Waals surface area contributed by atoms with Crippen LogP contribution in [0.15, 0.2) is 65.6 Å². The molecule has 0 saturated carbocycles. The van der Waals surface area contributed by atoms with Crippen molar-refractivity contribution in [2.75, 3.05) is 5.32 Å². The summed E-state index contributed by atoms with van der Waals surface area (Å²) in [5, 5.41) is 2.43. The number of nitrogens with one attached hydrogen (secondary N) is 1. The van der Waals surface area contributed by atoms with Gasteiger partial charge in [-0.1, -0.05) is 12.1 Å². The van der Waals surface area contributed by atoms with E-state index in [1.807, 2.05) is 0 Å². The average Bonchev–Trinajstić information content (AvgIpc) is 2.62. The number of aromatic nitrogens is 1. The first-order valence-corrected chi connectivity index (χ1v) is 7.64. The molecule has 26 heavy (non-hydrogen) atoms. The van der Waals surface area contributed by atoms with E-state index in [1.54, 1.807) is 0 Å². The Kier molecular flexibility index (Phi) is 4.88. The molecule has 0 unspecified atom stereocenters. The van der Waals surface area contributed by atoms with Crippen LogP contribution in [0.2, 0.25) is 0 Å². The smallest absolute Gasteiger partial charge is 0.257 e. The van der Waals surface area contributed by atoms with Crippen molar-refractivity contribution in [3.8, 4) is 0 Å². The fraction of sp³-hybridized carbons (Fsp3) is 0.0526. The molecule has 1 aromatic heterocycles. The number of pyridine rings is 1. The van der Waals surface area contributed by atoms with E-state index in [9.17, 15) is 22.8 Å². The Morgan fingerprint density at radius 2 is 1.65 bits per heavy atom. The van der Waals surface area contributed by atoms with Crippen molar-refractivity contribution < 1.29 is 18.0 Å². The standard InChI is InChI=1S/C19H13F3N2O2/c20-14-4-1-12(2-5-14)10-24-11-13(3-8-18(24)25)19(26)23-15-6-7-16(21)17(22)9-15/h1-9,11H,10H2,(H,23,26). The summed E-state index contributed by atoms with van der Waals surface area (Å²) in [5.41, 5.74) is 0.604. The zero-order valence-corrected chi connectivity index (χ0v) is 13.4. The van der Waals surface area contributed by atoms with Crippen LogP contribution in [0.25, 0.3) is 0 Å². The fourth-order valence-corrected chi connectivity index (χ4v) is 2.35. The molecule has 3 rings (SSSR count). The third-order valence-electron chi connectivity index (χ3n) is 3.69. The Morgan fingerprint density at radius 3 is 2.35 bits per heavy atom. The van der Waals surface area contributed by atoms with E-state index in [4.69, 9.17) is 0 Å². The van der Waals surface area contributed by atoms with Crippen molar-refractivity contribution in [3.05, 3.63) is 99.7 Å². The monoisotopic (exact) mass is 358 g/mol. The second-order valence-corrected chi connectivity index (χ2v) is 5.59. The second-order valence-electron chi connectivity index (χ2n) is 5.59. The molecular weight excluding hydrogens is 345 g/mol. The lowest BCUT2D eigenvalue weighted by molar-refractivity contribution is 0.102. The lowest BCUT2D eigenvalue weighted by Crippen LogP contribution is -2.22. The van der Waals surface area contributed by atoms with E-state index < -0.39 is 17.5 Å². The van der Waals surface area contributed by atoms with Gasteiger partial charge in [0.2, 0.25) is 0 Å². The summed E-state index contributed by atoms with van der Waals surface area (Å²) < 4.78 is 40.4. The second kappa shape index (κ2) is 7.26. The molecule has 132 valence electrons. The van der Waals surface area contributed by atoms with Crippen molar-refractivity contribution in [2.24, 2.45) is 0 Å². The zero-order valence-electron chi connectivity index (χ0n) is 13.4. The highest BCUT2D eigenvalue weighted by molar-refractivity contribution is 6.04. The lowest BCUT2D eigenvalue weighted by atomic mass is 10.2. The van der Waals surface area contributed by atoms with Gasteiger partial charge in [0.25, 0.3) is 11.5 Å². The van der Waals surface area contributed by atoms with Crippen LogP contribution < -0.4 is 10.9 Å². The molecule has 1 heterocycles. The highest BCUT2D eigenvalue weighted by Gasteiger charge is 2.10. The van der Waals surface area contributed by atoms with Gasteiger partial charge in [-0.3, -0.25) is 9.59 Å². The van der Waals surface area contributed by atoms with Crippen molar-refractivity contribution in [1.82, 2.24) is 4.57 Å². The maximum atomic E-state index is 13.2. The van der Waals surface area contributed by atoms with Gasteiger partial charge in [0, 0.05) is 24.0 Å². The number of nitrogens with zero attached hydrogens (tertiary/aromatic N) is 1. The molecule has 0 saturated heterocycles. The van der Waals surface area contributed by atoms with Crippen LogP contribution in [0.4, 0.5) is 18.9 Å². The predicted molar refractivity (Wildman–Crippen MR) is 90.5 cm³/mol. The number of carbonyl (C=O) groups excluding carboxylic acids is 1. The molecule has 0 radical (unpaired) electrons. The van der Waals surface area contributed by atoms with E-state index in [2.05, 4.69) is 5.32 Å². The number of anilines is 1. The minimum atomic E-state index is -1.08. The van der Waals surface area contributed by atoms with E-state index in [-0.39, 0.29) is 29.2 Å². The van der Waals surface area contributed by atoms with Crippen LogP contribution >= 0.6 is 0 Å². The van der Waals surface area contributed by atoms with Crippen LogP contribution in [0.3, 0.4) is 0 Å². The third kappa shape index (κ3) is 4.00. The molecule has 0 fully saturated rings. The topological polar surface area (TPSA) is 51.1 Å². The molecule has 0 spiro atoms. The van der Waals surface area contributed by atoms with Crippen LogP contribution in [-0.4, -0.2) is 10.5 Å². The van der Waals surface area contributed by atoms with E-state index in [1.165, 1.54) is 53.2 Å². The quantitative estimate of drug-likeness (QED) is 0.775. The van der Waals surface area contributed by atoms with Gasteiger partial charge in [0.05, 0.1) is 12.1 Å². The summed E-state index contributed by atoms with van der Waals surface area (Å²) in [6.45, 7) is 0.158. The van der Waals surface area contributed by atoms with Gasteiger partial charge in [-0.25, -0.2) is 13.2 Å². The molecule has 7 heteroatoms. The first kappa shape index (κ1) is 17.5. The molecule has 1 amide bonds. The maximum absolute atomic E-state index is 13.2. The number of hydrogen-bond acceptors (Lipinski definition) is 2. The maximum Gasteiger partial charge on any atom is 0.257 e. The van der Waals surface area contributed by atoms with E-state index >= 15 is 0 Å². The van der Waals surface area contributed by atoms with Gasteiger partial charge in [0.1, 0.15) is 5.82 Å². The number of rotatable bonds is 4. The van der Waals surface area contributed by atoms with Gasteiger partial charge >= 0.3 is 0 Å². The van der Waals surface area contributed by atoms with E-state index in [0.717, 1.165) is 12.1 Å². The van der Waals surface area contributed by atoms with Crippen molar-refractivity contribution >= 4 is 11.6 Å². The summed E-state index contributed by atoms with van der Waals surface area (Å²) in [6.07, 6.45) is 1.35. The summed E-state index contributed by atoms with van der Waals surface area (Å²) in [5.74, 6) is -3.07. The minimum Gasteiger partial charge on any atom is -0.322 e. The van der Waals surface area contributed by atoms with Crippen molar-refractivity contribution in [1.29, 1.82) is 0 Å². The third-order valence-corrected chi connectivity index (χ3v) is 3.69. The normalized spacial score (nSPS) is 10.6.